The Kier molecular flexibility index (Phi) is 7.67. The molecule has 0 radical (unpaired) electrons. The van der Waals surface area contributed by atoms with Gasteiger partial charge in [0, 0.05) is 27.9 Å². The number of unbranched alkanes of at least 4 members (excludes halogenated alkanes) is 2. The maximum Gasteiger partial charge on any atom is 0.234 e. The van der Waals surface area contributed by atoms with Gasteiger partial charge in [-0.2, -0.15) is 0 Å². The van der Waals surface area contributed by atoms with Gasteiger partial charge < -0.3 is 15.8 Å². The Hall–Kier alpha value is -3.49. The van der Waals surface area contributed by atoms with Crippen LogP contribution in [0, 0.1) is 12.8 Å². The van der Waals surface area contributed by atoms with Gasteiger partial charge in [-0.1, -0.05) is 18.2 Å². The van der Waals surface area contributed by atoms with Crippen LogP contribution in [0.25, 0.3) is 22.2 Å². The van der Waals surface area contributed by atoms with E-state index in [0.29, 0.717) is 18.3 Å². The topological polar surface area (TPSA) is 99.2 Å². The van der Waals surface area contributed by atoms with E-state index in [9.17, 15) is 9.59 Å². The summed E-state index contributed by atoms with van der Waals surface area (Å²) in [6.45, 7) is 3.35. The molecule has 1 fully saturated rings. The van der Waals surface area contributed by atoms with E-state index in [4.69, 9.17) is 15.5 Å². The largest absolute Gasteiger partial charge is 0.494 e. The number of rotatable bonds is 11. The predicted octanol–water partition coefficient (Wildman–Crippen LogP) is 5.81. The monoisotopic (exact) mass is 516 g/mol. The van der Waals surface area contributed by atoms with Gasteiger partial charge in [-0.25, -0.2) is 4.98 Å². The average Bonchev–Trinajstić information content (AvgIpc) is 3.56. The summed E-state index contributed by atoms with van der Waals surface area (Å²) in [7, 11) is 0. The van der Waals surface area contributed by atoms with Crippen molar-refractivity contribution in [2.75, 3.05) is 18.5 Å². The van der Waals surface area contributed by atoms with Crippen LogP contribution in [0.15, 0.2) is 54.7 Å². The zero-order valence-electron chi connectivity index (χ0n) is 21.0. The van der Waals surface area contributed by atoms with Crippen molar-refractivity contribution in [1.82, 2.24) is 9.55 Å². The minimum Gasteiger partial charge on any atom is -0.494 e. The fourth-order valence-electron chi connectivity index (χ4n) is 4.43. The summed E-state index contributed by atoms with van der Waals surface area (Å²) in [5, 5.41) is 4.53. The van der Waals surface area contributed by atoms with Crippen LogP contribution in [-0.2, 0) is 11.2 Å². The van der Waals surface area contributed by atoms with Crippen LogP contribution in [0.5, 0.6) is 5.75 Å². The van der Waals surface area contributed by atoms with Crippen molar-refractivity contribution in [3.63, 3.8) is 0 Å². The maximum absolute atomic E-state index is 12.8. The van der Waals surface area contributed by atoms with E-state index in [0.717, 1.165) is 70.5 Å². The van der Waals surface area contributed by atoms with Crippen LogP contribution in [0.4, 0.5) is 5.13 Å². The van der Waals surface area contributed by atoms with Crippen LogP contribution >= 0.6 is 11.3 Å². The highest BCUT2D eigenvalue weighted by Crippen LogP contribution is 2.35. The fourth-order valence-corrected chi connectivity index (χ4v) is 5.29. The van der Waals surface area contributed by atoms with Crippen LogP contribution in [0.1, 0.15) is 47.3 Å². The second kappa shape index (κ2) is 11.3. The molecule has 0 aliphatic heterocycles. The predicted molar refractivity (Wildman–Crippen MR) is 148 cm³/mol. The van der Waals surface area contributed by atoms with Crippen molar-refractivity contribution in [2.45, 2.75) is 45.4 Å². The molecule has 2 heterocycles. The SMILES string of the molecule is Cc1sc(NC(=O)Cc2cccc(OCCCCCN)c2)nc1-c1ccc2c(ccn2C(=O)C2CC2)c1. The summed E-state index contributed by atoms with van der Waals surface area (Å²) in [5.41, 5.74) is 9.15. The molecule has 0 saturated heterocycles. The summed E-state index contributed by atoms with van der Waals surface area (Å²) < 4.78 is 7.58. The van der Waals surface area contributed by atoms with Gasteiger partial charge in [-0.3, -0.25) is 14.2 Å². The zero-order valence-corrected chi connectivity index (χ0v) is 21.9. The van der Waals surface area contributed by atoms with E-state index in [1.54, 1.807) is 4.57 Å². The van der Waals surface area contributed by atoms with Gasteiger partial charge in [0.25, 0.3) is 0 Å². The summed E-state index contributed by atoms with van der Waals surface area (Å²) >= 11 is 1.46. The number of carbonyl (C=O) groups is 2. The Morgan fingerprint density at radius 1 is 1.14 bits per heavy atom. The quantitative estimate of drug-likeness (QED) is 0.245. The van der Waals surface area contributed by atoms with E-state index in [2.05, 4.69) is 11.4 Å². The number of hydrogen-bond acceptors (Lipinski definition) is 6. The second-order valence-corrected chi connectivity index (χ2v) is 10.8. The van der Waals surface area contributed by atoms with E-state index in [-0.39, 0.29) is 24.2 Å². The Labute approximate surface area is 220 Å². The molecule has 8 heteroatoms. The number of benzene rings is 2. The first kappa shape index (κ1) is 25.2. The average molecular weight is 517 g/mol. The number of ether oxygens (including phenoxy) is 1. The number of anilines is 1. The van der Waals surface area contributed by atoms with E-state index in [1.165, 1.54) is 11.3 Å². The summed E-state index contributed by atoms with van der Waals surface area (Å²) in [4.78, 5) is 31.0. The number of aryl methyl sites for hydroxylation is 1. The highest BCUT2D eigenvalue weighted by molar-refractivity contribution is 7.16. The number of nitrogens with zero attached hydrogens (tertiary/aromatic N) is 2. The molecule has 192 valence electrons. The van der Waals surface area contributed by atoms with Crippen molar-refractivity contribution in [2.24, 2.45) is 11.7 Å². The van der Waals surface area contributed by atoms with Crippen molar-refractivity contribution < 1.29 is 14.3 Å². The van der Waals surface area contributed by atoms with Gasteiger partial charge in [0.2, 0.25) is 11.8 Å². The van der Waals surface area contributed by atoms with Gasteiger partial charge in [-0.15, -0.1) is 11.3 Å². The first-order chi connectivity index (χ1) is 18.0. The minimum absolute atomic E-state index is 0.119. The lowest BCUT2D eigenvalue weighted by molar-refractivity contribution is -0.115. The van der Waals surface area contributed by atoms with Crippen molar-refractivity contribution in [1.29, 1.82) is 0 Å². The molecule has 2 aromatic heterocycles. The molecule has 7 nitrogen and oxygen atoms in total. The lowest BCUT2D eigenvalue weighted by atomic mass is 10.1. The summed E-state index contributed by atoms with van der Waals surface area (Å²) in [6, 6.07) is 15.7. The van der Waals surface area contributed by atoms with Gasteiger partial charge in [0.05, 0.1) is 24.2 Å². The molecule has 3 N–H and O–H groups in total. The molecule has 1 aliphatic carbocycles. The number of aromatic nitrogens is 2. The molecule has 1 saturated carbocycles. The van der Waals surface area contributed by atoms with Crippen molar-refractivity contribution in [3.8, 4) is 17.0 Å². The second-order valence-electron chi connectivity index (χ2n) is 9.57. The molecule has 5 rings (SSSR count). The molecule has 1 amide bonds. The number of hydrogen-bond donors (Lipinski definition) is 2. The standard InChI is InChI=1S/C29H32N4O3S/c1-19-27(23-10-11-25-22(18-23)12-14-33(25)28(35)21-8-9-21)32-29(37-19)31-26(34)17-20-6-5-7-24(16-20)36-15-4-2-3-13-30/h5-7,10-12,14,16,18,21H,2-4,8-9,13,15,17,30H2,1H3,(H,31,32,34). The molecule has 1 aliphatic rings. The van der Waals surface area contributed by atoms with E-state index >= 15 is 0 Å². The van der Waals surface area contributed by atoms with E-state index in [1.807, 2.05) is 55.6 Å². The number of thiazole rings is 1. The fraction of sp³-hybridized carbons (Fsp3) is 0.345. The van der Waals surface area contributed by atoms with Gasteiger partial charge in [0.1, 0.15) is 5.75 Å². The summed E-state index contributed by atoms with van der Waals surface area (Å²) in [5.74, 6) is 1.00. The van der Waals surface area contributed by atoms with Gasteiger partial charge >= 0.3 is 0 Å². The Morgan fingerprint density at radius 3 is 2.81 bits per heavy atom. The van der Waals surface area contributed by atoms with Crippen LogP contribution in [-0.4, -0.2) is 34.5 Å². The van der Waals surface area contributed by atoms with Gasteiger partial charge in [0.15, 0.2) is 5.13 Å². The summed E-state index contributed by atoms with van der Waals surface area (Å²) in [6.07, 6.45) is 7.09. The number of nitrogens with one attached hydrogen (secondary N) is 1. The molecule has 4 aromatic rings. The third-order valence-corrected chi connectivity index (χ3v) is 7.44. The van der Waals surface area contributed by atoms with Crippen LogP contribution in [0.3, 0.4) is 0 Å². The number of carbonyl (C=O) groups excluding carboxylic acids is 2. The normalized spacial score (nSPS) is 13.1. The zero-order chi connectivity index (χ0) is 25.8. The lowest BCUT2D eigenvalue weighted by Crippen LogP contribution is -2.14. The first-order valence-corrected chi connectivity index (χ1v) is 13.7. The number of amides is 1. The lowest BCUT2D eigenvalue weighted by Gasteiger charge is -2.08. The minimum atomic E-state index is -0.119. The highest BCUT2D eigenvalue weighted by Gasteiger charge is 2.31. The number of fused-ring (bicyclic) bond motifs is 1. The molecule has 0 bridgehead atoms. The van der Waals surface area contributed by atoms with E-state index < -0.39 is 0 Å². The molecular formula is C29H32N4O3S. The molecular weight excluding hydrogens is 484 g/mol. The Balaban J connectivity index is 1.22. The molecule has 0 atom stereocenters. The van der Waals surface area contributed by atoms with Crippen LogP contribution in [0.2, 0.25) is 0 Å². The smallest absolute Gasteiger partial charge is 0.234 e. The maximum atomic E-state index is 12.8. The van der Waals surface area contributed by atoms with Crippen molar-refractivity contribution >= 4 is 39.2 Å². The number of nitrogens with two attached hydrogens (primary N) is 1. The van der Waals surface area contributed by atoms with Crippen molar-refractivity contribution in [3.05, 3.63) is 65.2 Å². The Bertz CT molecular complexity index is 1420. The Morgan fingerprint density at radius 2 is 2.00 bits per heavy atom. The third kappa shape index (κ3) is 6.09. The first-order valence-electron chi connectivity index (χ1n) is 12.9. The molecule has 37 heavy (non-hydrogen) atoms. The molecule has 0 spiro atoms. The van der Waals surface area contributed by atoms with Crippen LogP contribution < -0.4 is 15.8 Å². The molecule has 0 unspecified atom stereocenters. The third-order valence-electron chi connectivity index (χ3n) is 6.55. The molecule has 2 aromatic carbocycles. The highest BCUT2D eigenvalue weighted by atomic mass is 32.1. The van der Waals surface area contributed by atoms with Gasteiger partial charge in [-0.05, 0) is 81.5 Å².